The third kappa shape index (κ3) is 2.90. The van der Waals surface area contributed by atoms with Crippen molar-refractivity contribution >= 4 is 11.3 Å². The zero-order valence-corrected chi connectivity index (χ0v) is 10.3. The Morgan fingerprint density at radius 2 is 2.38 bits per heavy atom. The smallest absolute Gasteiger partial charge is 0.195 e. The van der Waals surface area contributed by atoms with Gasteiger partial charge in [-0.2, -0.15) is 0 Å². The zero-order chi connectivity index (χ0) is 11.4. The van der Waals surface area contributed by atoms with Crippen molar-refractivity contribution in [2.24, 2.45) is 5.92 Å². The molecular formula is C11H15N3OS. The van der Waals surface area contributed by atoms with Gasteiger partial charge in [0.05, 0.1) is 5.69 Å². The molecule has 0 spiro atoms. The number of rotatable bonds is 5. The molecule has 16 heavy (non-hydrogen) atoms. The second kappa shape index (κ2) is 5.23. The van der Waals surface area contributed by atoms with Crippen LogP contribution in [0.15, 0.2) is 22.2 Å². The maximum atomic E-state index is 5.22. The second-order valence-electron chi connectivity index (χ2n) is 4.04. The third-order valence-electron chi connectivity index (χ3n) is 2.06. The largest absolute Gasteiger partial charge is 0.353 e. The maximum Gasteiger partial charge on any atom is 0.195 e. The summed E-state index contributed by atoms with van der Waals surface area (Å²) in [5, 5.41) is 10.1. The number of aromatic nitrogens is 2. The Morgan fingerprint density at radius 3 is 3.06 bits per heavy atom. The molecule has 86 valence electrons. The first-order valence-corrected chi connectivity index (χ1v) is 6.20. The highest BCUT2D eigenvalue weighted by molar-refractivity contribution is 7.13. The van der Waals surface area contributed by atoms with Gasteiger partial charge in [-0.3, -0.25) is 0 Å². The highest BCUT2D eigenvalue weighted by atomic mass is 32.1. The Bertz CT molecular complexity index is 422. The van der Waals surface area contributed by atoms with E-state index < -0.39 is 0 Å². The van der Waals surface area contributed by atoms with Crippen molar-refractivity contribution < 1.29 is 4.52 Å². The quantitative estimate of drug-likeness (QED) is 0.868. The van der Waals surface area contributed by atoms with Crippen LogP contribution in [0.5, 0.6) is 0 Å². The molecule has 0 aliphatic rings. The summed E-state index contributed by atoms with van der Waals surface area (Å²) in [5.74, 6) is 1.39. The summed E-state index contributed by atoms with van der Waals surface area (Å²) in [6.45, 7) is 6.08. The average Bonchev–Trinajstić information content (AvgIpc) is 2.85. The summed E-state index contributed by atoms with van der Waals surface area (Å²) in [7, 11) is 0. The van der Waals surface area contributed by atoms with Crippen LogP contribution in [0.4, 0.5) is 0 Å². The molecule has 4 nitrogen and oxygen atoms in total. The fourth-order valence-electron chi connectivity index (χ4n) is 1.33. The zero-order valence-electron chi connectivity index (χ0n) is 9.43. The van der Waals surface area contributed by atoms with E-state index in [4.69, 9.17) is 4.52 Å². The fraction of sp³-hybridized carbons (Fsp3) is 0.455. The van der Waals surface area contributed by atoms with Gasteiger partial charge >= 0.3 is 0 Å². The minimum atomic E-state index is 0.644. The lowest BCUT2D eigenvalue weighted by molar-refractivity contribution is 0.418. The molecule has 0 bridgehead atoms. The predicted molar refractivity (Wildman–Crippen MR) is 64.2 cm³/mol. The van der Waals surface area contributed by atoms with E-state index in [1.165, 1.54) is 0 Å². The van der Waals surface area contributed by atoms with Gasteiger partial charge in [0.25, 0.3) is 0 Å². The van der Waals surface area contributed by atoms with Crippen molar-refractivity contribution in [2.45, 2.75) is 20.4 Å². The van der Waals surface area contributed by atoms with Crippen LogP contribution >= 0.6 is 11.3 Å². The molecule has 0 atom stereocenters. The van der Waals surface area contributed by atoms with Crippen molar-refractivity contribution in [3.8, 4) is 10.8 Å². The molecule has 2 heterocycles. The van der Waals surface area contributed by atoms with Crippen molar-refractivity contribution in [2.75, 3.05) is 6.54 Å². The minimum absolute atomic E-state index is 0.644. The van der Waals surface area contributed by atoms with Crippen molar-refractivity contribution in [1.29, 1.82) is 0 Å². The molecule has 0 aliphatic heterocycles. The van der Waals surface area contributed by atoms with Crippen LogP contribution in [-0.2, 0) is 6.54 Å². The summed E-state index contributed by atoms with van der Waals surface area (Å²) in [6.07, 6.45) is 1.76. The van der Waals surface area contributed by atoms with Gasteiger partial charge in [-0.1, -0.05) is 19.0 Å². The van der Waals surface area contributed by atoms with Crippen molar-refractivity contribution in [3.05, 3.63) is 23.3 Å². The first-order valence-electron chi connectivity index (χ1n) is 5.32. The van der Waals surface area contributed by atoms with Crippen LogP contribution in [-0.4, -0.2) is 16.7 Å². The monoisotopic (exact) mass is 237 g/mol. The lowest BCUT2D eigenvalue weighted by atomic mass is 10.2. The molecule has 0 saturated carbocycles. The van der Waals surface area contributed by atoms with Crippen molar-refractivity contribution in [3.63, 3.8) is 0 Å². The Balaban J connectivity index is 1.93. The van der Waals surface area contributed by atoms with Crippen LogP contribution in [0.25, 0.3) is 10.8 Å². The molecule has 0 unspecified atom stereocenters. The molecule has 0 amide bonds. The molecule has 2 aromatic rings. The van der Waals surface area contributed by atoms with Crippen LogP contribution in [0, 0.1) is 5.92 Å². The number of thiazole rings is 1. The predicted octanol–water partition coefficient (Wildman–Crippen LogP) is 2.54. The average molecular weight is 237 g/mol. The van der Waals surface area contributed by atoms with Crippen LogP contribution < -0.4 is 5.32 Å². The van der Waals surface area contributed by atoms with Gasteiger partial charge in [0.1, 0.15) is 0 Å². The molecule has 5 heteroatoms. The number of nitrogens with one attached hydrogen (secondary N) is 1. The summed E-state index contributed by atoms with van der Waals surface area (Å²) >= 11 is 1.55. The van der Waals surface area contributed by atoms with E-state index in [1.54, 1.807) is 17.5 Å². The van der Waals surface area contributed by atoms with Gasteiger partial charge in [-0.25, -0.2) is 4.98 Å². The second-order valence-corrected chi connectivity index (χ2v) is 4.94. The Labute approximate surface area is 98.7 Å². The first kappa shape index (κ1) is 11.3. The molecule has 0 saturated heterocycles. The van der Waals surface area contributed by atoms with Gasteiger partial charge < -0.3 is 9.84 Å². The number of hydrogen-bond donors (Lipinski definition) is 1. The lowest BCUT2D eigenvalue weighted by Gasteiger charge is -2.03. The molecule has 0 fully saturated rings. The van der Waals surface area contributed by atoms with Crippen LogP contribution in [0.3, 0.4) is 0 Å². The molecule has 0 aliphatic carbocycles. The third-order valence-corrected chi connectivity index (χ3v) is 2.85. The maximum absolute atomic E-state index is 5.22. The van der Waals surface area contributed by atoms with Gasteiger partial charge in [0.2, 0.25) is 0 Å². The molecule has 2 aromatic heterocycles. The van der Waals surface area contributed by atoms with Gasteiger partial charge in [-0.05, 0) is 12.5 Å². The van der Waals surface area contributed by atoms with E-state index in [1.807, 2.05) is 11.4 Å². The highest BCUT2D eigenvalue weighted by Gasteiger charge is 2.08. The first-order chi connectivity index (χ1) is 7.75. The van der Waals surface area contributed by atoms with Crippen molar-refractivity contribution in [1.82, 2.24) is 15.5 Å². The van der Waals surface area contributed by atoms with E-state index in [0.717, 1.165) is 29.6 Å². The van der Waals surface area contributed by atoms with E-state index in [2.05, 4.69) is 29.3 Å². The summed E-state index contributed by atoms with van der Waals surface area (Å²) in [5.41, 5.74) is 0.922. The SMILES string of the molecule is CC(C)CNCc1cc(-c2nccs2)on1. The Hall–Kier alpha value is -1.20. The fourth-order valence-corrected chi connectivity index (χ4v) is 1.91. The molecule has 1 N–H and O–H groups in total. The van der Waals surface area contributed by atoms with Gasteiger partial charge in [0.15, 0.2) is 10.8 Å². The summed E-state index contributed by atoms with van der Waals surface area (Å²) < 4.78 is 5.22. The topological polar surface area (TPSA) is 51.0 Å². The number of hydrogen-bond acceptors (Lipinski definition) is 5. The summed E-state index contributed by atoms with van der Waals surface area (Å²) in [4.78, 5) is 4.17. The molecular weight excluding hydrogens is 222 g/mol. The number of nitrogens with zero attached hydrogens (tertiary/aromatic N) is 2. The van der Waals surface area contributed by atoms with E-state index in [9.17, 15) is 0 Å². The normalized spacial score (nSPS) is 11.2. The lowest BCUT2D eigenvalue weighted by Crippen LogP contribution is -2.18. The minimum Gasteiger partial charge on any atom is -0.353 e. The van der Waals surface area contributed by atoms with Gasteiger partial charge in [-0.15, -0.1) is 11.3 Å². The van der Waals surface area contributed by atoms with Gasteiger partial charge in [0, 0.05) is 24.2 Å². The Morgan fingerprint density at radius 1 is 1.50 bits per heavy atom. The van der Waals surface area contributed by atoms with Crippen LogP contribution in [0.1, 0.15) is 19.5 Å². The molecule has 2 rings (SSSR count). The van der Waals surface area contributed by atoms with E-state index in [0.29, 0.717) is 5.92 Å². The standard InChI is InChI=1S/C11H15N3OS/c1-8(2)6-12-7-9-5-10(15-14-9)11-13-3-4-16-11/h3-5,8,12H,6-7H2,1-2H3. The van der Waals surface area contributed by atoms with Crippen LogP contribution in [0.2, 0.25) is 0 Å². The highest BCUT2D eigenvalue weighted by Crippen LogP contribution is 2.22. The summed E-state index contributed by atoms with van der Waals surface area (Å²) in [6, 6.07) is 1.94. The molecule has 0 aromatic carbocycles. The van der Waals surface area contributed by atoms with E-state index >= 15 is 0 Å². The van der Waals surface area contributed by atoms with E-state index in [-0.39, 0.29) is 0 Å². The molecule has 0 radical (unpaired) electrons. The Kier molecular flexibility index (Phi) is 3.69.